The lowest BCUT2D eigenvalue weighted by Gasteiger charge is -2.43. The quantitative estimate of drug-likeness (QED) is 0.153. The zero-order valence-electron chi connectivity index (χ0n) is 22.2. The fourth-order valence-corrected chi connectivity index (χ4v) is 6.76. The molecule has 0 bridgehead atoms. The normalized spacial score (nSPS) is 11.7. The van der Waals surface area contributed by atoms with Crippen LogP contribution in [0.2, 0.25) is 5.02 Å². The maximum atomic E-state index is 6.34. The first kappa shape index (κ1) is 28.6. The highest BCUT2D eigenvalue weighted by Gasteiger charge is 2.39. The predicted molar refractivity (Wildman–Crippen MR) is 148 cm³/mol. The van der Waals surface area contributed by atoms with Crippen LogP contribution in [0.1, 0.15) is 0 Å². The van der Waals surface area contributed by atoms with Crippen LogP contribution in [-0.4, -0.2) is 69.9 Å². The molecule has 0 N–H and O–H groups in total. The molecule has 0 aliphatic carbocycles. The minimum absolute atomic E-state index is 0.342. The SMILES string of the molecule is COc1c(Cl)ccc(ON=P(N(C)C)(N(C)C)N(C)C(Oc2ccccc2)Oc2ccccc2)c1OC. The second kappa shape index (κ2) is 13.0. The topological polar surface area (TPSA) is 68.2 Å². The van der Waals surface area contributed by atoms with Crippen LogP contribution >= 0.6 is 19.1 Å². The molecule has 3 aromatic rings. The Balaban J connectivity index is 2.09. The molecule has 0 atom stereocenters. The van der Waals surface area contributed by atoms with Crippen LogP contribution in [0, 0.1) is 0 Å². The Labute approximate surface area is 224 Å². The molecule has 3 rings (SSSR count). The number of rotatable bonds is 12. The van der Waals surface area contributed by atoms with Crippen LogP contribution in [0.5, 0.6) is 28.7 Å². The maximum absolute atomic E-state index is 6.34. The van der Waals surface area contributed by atoms with Crippen molar-refractivity contribution in [2.75, 3.05) is 49.5 Å². The van der Waals surface area contributed by atoms with Gasteiger partial charge >= 0.3 is 6.41 Å². The molecule has 0 aliphatic heterocycles. The largest absolute Gasteiger partial charge is 0.491 e. The first-order valence-corrected chi connectivity index (χ1v) is 13.4. The molecule has 9 nitrogen and oxygen atoms in total. The first-order chi connectivity index (χ1) is 17.7. The fraction of sp³-hybridized carbons (Fsp3) is 0.308. The molecular weight excluding hydrogens is 515 g/mol. The Morgan fingerprint density at radius 3 is 1.62 bits per heavy atom. The van der Waals surface area contributed by atoms with Gasteiger partial charge in [0.25, 0.3) is 0 Å². The van der Waals surface area contributed by atoms with Gasteiger partial charge < -0.3 is 23.8 Å². The minimum atomic E-state index is -2.77. The molecule has 0 spiro atoms. The third kappa shape index (κ3) is 6.50. The standard InChI is InChI=1S/C26H34ClN4O5P/c1-29(2)37(30(3)4,28-36-23-19-18-22(27)24(32-6)25(23)33-7)31(5)26(34-20-14-10-8-11-15-20)35-21-16-12-9-13-17-21/h8-19,26H,1-7H3. The summed E-state index contributed by atoms with van der Waals surface area (Å²) >= 11 is 6.28. The van der Waals surface area contributed by atoms with Crippen molar-refractivity contribution in [1.82, 2.24) is 14.0 Å². The highest BCUT2D eigenvalue weighted by Crippen LogP contribution is 2.57. The van der Waals surface area contributed by atoms with E-state index in [1.807, 2.05) is 110 Å². The van der Waals surface area contributed by atoms with Crippen molar-refractivity contribution in [3.8, 4) is 28.7 Å². The lowest BCUT2D eigenvalue weighted by atomic mass is 10.3. The summed E-state index contributed by atoms with van der Waals surface area (Å²) in [7, 11) is 9.87. The average Bonchev–Trinajstić information content (AvgIpc) is 2.89. The molecule has 0 aliphatic rings. The van der Waals surface area contributed by atoms with Crippen LogP contribution in [0.4, 0.5) is 0 Å². The average molecular weight is 549 g/mol. The van der Waals surface area contributed by atoms with Crippen molar-refractivity contribution in [2.45, 2.75) is 6.41 Å². The summed E-state index contributed by atoms with van der Waals surface area (Å²) in [6.07, 6.45) is -0.850. The van der Waals surface area contributed by atoms with E-state index < -0.39 is 13.9 Å². The van der Waals surface area contributed by atoms with Crippen molar-refractivity contribution >= 4 is 19.1 Å². The van der Waals surface area contributed by atoms with Gasteiger partial charge in [0.05, 0.1) is 19.2 Å². The van der Waals surface area contributed by atoms with Crippen LogP contribution in [0.15, 0.2) is 77.7 Å². The molecule has 0 fully saturated rings. The Bertz CT molecular complexity index is 1140. The molecule has 0 unspecified atom stereocenters. The van der Waals surface area contributed by atoms with Crippen molar-refractivity contribution in [3.05, 3.63) is 77.8 Å². The maximum Gasteiger partial charge on any atom is 0.310 e. The smallest absolute Gasteiger partial charge is 0.310 e. The van der Waals surface area contributed by atoms with E-state index in [1.165, 1.54) is 14.2 Å². The number of halogens is 1. The van der Waals surface area contributed by atoms with E-state index in [-0.39, 0.29) is 0 Å². The zero-order chi connectivity index (χ0) is 27.0. The highest BCUT2D eigenvalue weighted by molar-refractivity contribution is 7.58. The van der Waals surface area contributed by atoms with E-state index in [1.54, 1.807) is 12.1 Å². The van der Waals surface area contributed by atoms with Gasteiger partial charge in [-0.3, -0.25) is 0 Å². The molecule has 200 valence electrons. The molecule has 0 saturated carbocycles. The number of methoxy groups -OCH3 is 2. The van der Waals surface area contributed by atoms with Crippen LogP contribution in [0.3, 0.4) is 0 Å². The molecule has 11 heteroatoms. The first-order valence-electron chi connectivity index (χ1n) is 11.5. The summed E-state index contributed by atoms with van der Waals surface area (Å²) in [6.45, 7) is 0. The van der Waals surface area contributed by atoms with E-state index >= 15 is 0 Å². The van der Waals surface area contributed by atoms with Crippen molar-refractivity contribution in [3.63, 3.8) is 0 Å². The molecule has 0 amide bonds. The monoisotopic (exact) mass is 548 g/mol. The summed E-state index contributed by atoms with van der Waals surface area (Å²) in [4.78, 5) is 10.9. The van der Waals surface area contributed by atoms with E-state index in [9.17, 15) is 0 Å². The molecule has 0 heterocycles. The molecule has 3 aromatic carbocycles. The summed E-state index contributed by atoms with van der Waals surface area (Å²) in [6, 6.07) is 22.3. The molecule has 0 saturated heterocycles. The zero-order valence-corrected chi connectivity index (χ0v) is 23.8. The Morgan fingerprint density at radius 2 is 1.19 bits per heavy atom. The molecule has 37 heavy (non-hydrogen) atoms. The fourth-order valence-electron chi connectivity index (χ4n) is 3.73. The number of ether oxygens (including phenoxy) is 4. The Morgan fingerprint density at radius 1 is 0.703 bits per heavy atom. The molecule has 0 radical (unpaired) electrons. The predicted octanol–water partition coefficient (Wildman–Crippen LogP) is 6.09. The molecular formula is C26H34ClN4O5P. The van der Waals surface area contributed by atoms with Crippen molar-refractivity contribution < 1.29 is 23.8 Å². The minimum Gasteiger partial charge on any atom is -0.491 e. The number of hydrogen-bond acceptors (Lipinski definition) is 6. The second-order valence-electron chi connectivity index (χ2n) is 8.26. The summed E-state index contributed by atoms with van der Waals surface area (Å²) in [5.74, 6) is 2.36. The van der Waals surface area contributed by atoms with E-state index in [4.69, 9.17) is 40.3 Å². The van der Waals surface area contributed by atoms with Gasteiger partial charge in [0.2, 0.25) is 19.0 Å². The third-order valence-electron chi connectivity index (χ3n) is 5.45. The van der Waals surface area contributed by atoms with E-state index in [0.29, 0.717) is 33.8 Å². The lowest BCUT2D eigenvalue weighted by molar-refractivity contribution is -0.0703. The highest BCUT2D eigenvalue weighted by atomic mass is 35.5. The summed E-state index contributed by atoms with van der Waals surface area (Å²) in [5.41, 5.74) is 0. The lowest BCUT2D eigenvalue weighted by Crippen LogP contribution is -2.45. The Kier molecular flexibility index (Phi) is 10.1. The van der Waals surface area contributed by atoms with Gasteiger partial charge in [-0.15, -0.1) is 0 Å². The van der Waals surface area contributed by atoms with Crippen molar-refractivity contribution in [2.24, 2.45) is 4.91 Å². The van der Waals surface area contributed by atoms with Crippen molar-refractivity contribution in [1.29, 1.82) is 0 Å². The number of hydrogen-bond donors (Lipinski definition) is 0. The molecule has 0 aromatic heterocycles. The van der Waals surface area contributed by atoms with Gasteiger partial charge in [-0.05, 0) is 64.6 Å². The number of para-hydroxylation sites is 2. The van der Waals surface area contributed by atoms with E-state index in [2.05, 4.69) is 0 Å². The van der Waals surface area contributed by atoms with E-state index in [0.717, 1.165) is 0 Å². The van der Waals surface area contributed by atoms with Gasteiger partial charge in [0.15, 0.2) is 5.75 Å². The van der Waals surface area contributed by atoms with Crippen LogP contribution < -0.4 is 23.8 Å². The third-order valence-corrected chi connectivity index (χ3v) is 9.23. The number of benzene rings is 3. The van der Waals surface area contributed by atoms with Gasteiger partial charge in [-0.1, -0.05) is 52.9 Å². The van der Waals surface area contributed by atoms with Gasteiger partial charge in [0.1, 0.15) is 11.5 Å². The number of nitrogens with zero attached hydrogens (tertiary/aromatic N) is 4. The second-order valence-corrected chi connectivity index (χ2v) is 12.1. The Hall–Kier alpha value is -2.94. The summed E-state index contributed by atoms with van der Waals surface area (Å²) in [5, 5.41) is 0.401. The summed E-state index contributed by atoms with van der Waals surface area (Å²) < 4.78 is 29.5. The van der Waals surface area contributed by atoms with Gasteiger partial charge in [-0.25, -0.2) is 9.34 Å². The van der Waals surface area contributed by atoms with Gasteiger partial charge in [-0.2, -0.15) is 4.67 Å². The van der Waals surface area contributed by atoms with Crippen LogP contribution in [0.25, 0.3) is 0 Å². The van der Waals surface area contributed by atoms with Gasteiger partial charge in [0, 0.05) is 7.05 Å². The van der Waals surface area contributed by atoms with Crippen LogP contribution in [-0.2, 0) is 0 Å².